The van der Waals surface area contributed by atoms with Crippen LogP contribution in [0.25, 0.3) is 5.76 Å². The van der Waals surface area contributed by atoms with Crippen LogP contribution in [0.1, 0.15) is 36.1 Å². The van der Waals surface area contributed by atoms with Gasteiger partial charge in [-0.25, -0.2) is 0 Å². The molecule has 2 aromatic rings. The molecule has 178 valence electrons. The second kappa shape index (κ2) is 9.69. The Morgan fingerprint density at radius 1 is 1.18 bits per heavy atom. The fourth-order valence-electron chi connectivity index (χ4n) is 4.31. The molecule has 2 aromatic carbocycles. The zero-order valence-electron chi connectivity index (χ0n) is 19.5. The highest BCUT2D eigenvalue weighted by Gasteiger charge is 2.46. The lowest BCUT2D eigenvalue weighted by Gasteiger charge is -2.26. The number of benzene rings is 2. The third kappa shape index (κ3) is 4.68. The number of ether oxygens (including phenoxy) is 2. The lowest BCUT2D eigenvalue weighted by atomic mass is 9.94. The SMILES string of the molecule is CC(=O)Oc1ccc(C2/C(=C(/O)c3ccc4c(c3)CCCO4)C(=O)C(=O)N2CCN(C)C)cc1. The van der Waals surface area contributed by atoms with Crippen LogP contribution >= 0.6 is 0 Å². The average Bonchev–Trinajstić information content (AvgIpc) is 3.07. The van der Waals surface area contributed by atoms with Crippen LogP contribution in [0.3, 0.4) is 0 Å². The monoisotopic (exact) mass is 464 g/mol. The average molecular weight is 465 g/mol. The summed E-state index contributed by atoms with van der Waals surface area (Å²) in [6, 6.07) is 11.2. The molecule has 0 bridgehead atoms. The first kappa shape index (κ1) is 23.5. The molecule has 2 aliphatic rings. The smallest absolute Gasteiger partial charge is 0.308 e. The van der Waals surface area contributed by atoms with Crippen molar-refractivity contribution < 1.29 is 29.0 Å². The van der Waals surface area contributed by atoms with Gasteiger partial charge in [-0.1, -0.05) is 12.1 Å². The zero-order valence-corrected chi connectivity index (χ0v) is 19.5. The molecule has 1 amide bonds. The van der Waals surface area contributed by atoms with E-state index in [0.29, 0.717) is 36.6 Å². The molecule has 1 saturated heterocycles. The second-order valence-electron chi connectivity index (χ2n) is 8.73. The number of likely N-dealkylation sites (tertiary alicyclic amines) is 1. The van der Waals surface area contributed by atoms with E-state index >= 15 is 0 Å². The molecule has 0 aromatic heterocycles. The molecule has 1 N–H and O–H groups in total. The minimum Gasteiger partial charge on any atom is -0.507 e. The van der Waals surface area contributed by atoms with Crippen LogP contribution in [0, 0.1) is 0 Å². The number of nitrogens with zero attached hydrogens (tertiary/aromatic N) is 2. The second-order valence-corrected chi connectivity index (χ2v) is 8.73. The molecule has 2 aliphatic heterocycles. The number of ketones is 1. The molecule has 8 heteroatoms. The van der Waals surface area contributed by atoms with Gasteiger partial charge in [0.05, 0.1) is 18.2 Å². The van der Waals surface area contributed by atoms with Crippen molar-refractivity contribution in [3.05, 3.63) is 64.7 Å². The Hall–Kier alpha value is -3.65. The molecule has 1 atom stereocenters. The third-order valence-corrected chi connectivity index (χ3v) is 5.97. The van der Waals surface area contributed by atoms with E-state index in [4.69, 9.17) is 9.47 Å². The molecular formula is C26H28N2O6. The highest BCUT2D eigenvalue weighted by atomic mass is 16.5. The molecule has 0 spiro atoms. The number of fused-ring (bicyclic) bond motifs is 1. The van der Waals surface area contributed by atoms with Crippen LogP contribution in [-0.4, -0.2) is 66.4 Å². The number of amides is 1. The van der Waals surface area contributed by atoms with Gasteiger partial charge < -0.3 is 24.4 Å². The molecule has 1 fully saturated rings. The van der Waals surface area contributed by atoms with Gasteiger partial charge in [-0.3, -0.25) is 14.4 Å². The number of aliphatic hydroxyl groups is 1. The van der Waals surface area contributed by atoms with Gasteiger partial charge in [-0.2, -0.15) is 0 Å². The van der Waals surface area contributed by atoms with Gasteiger partial charge in [0.1, 0.15) is 17.3 Å². The van der Waals surface area contributed by atoms with Gasteiger partial charge in [-0.05, 0) is 68.4 Å². The van der Waals surface area contributed by atoms with E-state index in [9.17, 15) is 19.5 Å². The minimum absolute atomic E-state index is 0.0423. The quantitative estimate of drug-likeness (QED) is 0.231. The van der Waals surface area contributed by atoms with Gasteiger partial charge in [0.15, 0.2) is 0 Å². The highest BCUT2D eigenvalue weighted by Crippen LogP contribution is 2.40. The van der Waals surface area contributed by atoms with E-state index in [-0.39, 0.29) is 11.3 Å². The van der Waals surface area contributed by atoms with Crippen LogP contribution in [0.2, 0.25) is 0 Å². The van der Waals surface area contributed by atoms with Crippen molar-refractivity contribution in [2.45, 2.75) is 25.8 Å². The lowest BCUT2D eigenvalue weighted by molar-refractivity contribution is -0.140. The normalized spacial score (nSPS) is 19.2. The largest absolute Gasteiger partial charge is 0.507 e. The lowest BCUT2D eigenvalue weighted by Crippen LogP contribution is -2.35. The van der Waals surface area contributed by atoms with Crippen LogP contribution in [-0.2, 0) is 20.8 Å². The predicted octanol–water partition coefficient (Wildman–Crippen LogP) is 2.92. The van der Waals surface area contributed by atoms with Gasteiger partial charge in [-0.15, -0.1) is 0 Å². The van der Waals surface area contributed by atoms with E-state index in [1.165, 1.54) is 11.8 Å². The Kier molecular flexibility index (Phi) is 6.70. The van der Waals surface area contributed by atoms with Crippen LogP contribution in [0.4, 0.5) is 0 Å². The number of hydrogen-bond donors (Lipinski definition) is 1. The number of carbonyl (C=O) groups is 3. The van der Waals surface area contributed by atoms with Crippen molar-refractivity contribution in [2.24, 2.45) is 0 Å². The number of hydrogen-bond acceptors (Lipinski definition) is 7. The Bertz CT molecular complexity index is 1150. The minimum atomic E-state index is -0.765. The molecule has 0 aliphatic carbocycles. The van der Waals surface area contributed by atoms with Gasteiger partial charge >= 0.3 is 5.97 Å². The Morgan fingerprint density at radius 3 is 2.59 bits per heavy atom. The van der Waals surface area contributed by atoms with Crippen molar-refractivity contribution in [3.8, 4) is 11.5 Å². The zero-order chi connectivity index (χ0) is 24.4. The maximum absolute atomic E-state index is 13.1. The number of aliphatic hydroxyl groups excluding tert-OH is 1. The summed E-state index contributed by atoms with van der Waals surface area (Å²) in [6.07, 6.45) is 1.69. The third-order valence-electron chi connectivity index (χ3n) is 5.97. The molecule has 1 unspecified atom stereocenters. The summed E-state index contributed by atoms with van der Waals surface area (Å²) < 4.78 is 10.8. The Labute approximate surface area is 198 Å². The topological polar surface area (TPSA) is 96.4 Å². The highest BCUT2D eigenvalue weighted by molar-refractivity contribution is 6.46. The summed E-state index contributed by atoms with van der Waals surface area (Å²) in [6.45, 7) is 2.82. The van der Waals surface area contributed by atoms with Crippen LogP contribution in [0.5, 0.6) is 11.5 Å². The predicted molar refractivity (Wildman–Crippen MR) is 126 cm³/mol. The summed E-state index contributed by atoms with van der Waals surface area (Å²) in [5.74, 6) is -0.907. The van der Waals surface area contributed by atoms with E-state index in [2.05, 4.69) is 0 Å². The molecular weight excluding hydrogens is 436 g/mol. The van der Waals surface area contributed by atoms with Gasteiger partial charge in [0.25, 0.3) is 11.7 Å². The summed E-state index contributed by atoms with van der Waals surface area (Å²) in [4.78, 5) is 40.8. The maximum Gasteiger partial charge on any atom is 0.308 e. The maximum atomic E-state index is 13.1. The van der Waals surface area contributed by atoms with Gasteiger partial charge in [0.2, 0.25) is 0 Å². The summed E-state index contributed by atoms with van der Waals surface area (Å²) in [5, 5.41) is 11.3. The van der Waals surface area contributed by atoms with E-state index in [0.717, 1.165) is 24.2 Å². The van der Waals surface area contributed by atoms with E-state index in [1.54, 1.807) is 36.4 Å². The first-order valence-electron chi connectivity index (χ1n) is 11.2. The first-order valence-corrected chi connectivity index (χ1v) is 11.2. The van der Waals surface area contributed by atoms with Gasteiger partial charge in [0, 0.05) is 25.6 Å². The standard InChI is InChI=1S/C26H28N2O6/c1-16(29)34-20-9-6-17(7-10-20)23-22(25(31)26(32)28(23)13-12-27(2)3)24(30)19-8-11-21-18(15-19)5-4-14-33-21/h6-11,15,23,30H,4-5,12-14H2,1-3H3/b24-22-. The summed E-state index contributed by atoms with van der Waals surface area (Å²) in [7, 11) is 3.77. The van der Waals surface area contributed by atoms with Crippen LogP contribution < -0.4 is 9.47 Å². The number of carbonyl (C=O) groups excluding carboxylic acids is 3. The van der Waals surface area contributed by atoms with E-state index < -0.39 is 23.7 Å². The Morgan fingerprint density at radius 2 is 1.91 bits per heavy atom. The number of esters is 1. The van der Waals surface area contributed by atoms with E-state index in [1.807, 2.05) is 25.1 Å². The molecule has 8 nitrogen and oxygen atoms in total. The molecule has 2 heterocycles. The number of Topliss-reactive ketones (excluding diaryl/α,β-unsaturated/α-hetero) is 1. The fraction of sp³-hybridized carbons (Fsp3) is 0.346. The van der Waals surface area contributed by atoms with Crippen molar-refractivity contribution in [1.29, 1.82) is 0 Å². The summed E-state index contributed by atoms with van der Waals surface area (Å²) >= 11 is 0. The molecule has 0 saturated carbocycles. The van der Waals surface area contributed by atoms with Crippen LogP contribution in [0.15, 0.2) is 48.0 Å². The molecule has 34 heavy (non-hydrogen) atoms. The van der Waals surface area contributed by atoms with Crippen molar-refractivity contribution >= 4 is 23.4 Å². The first-order chi connectivity index (χ1) is 16.3. The number of likely N-dealkylation sites (N-methyl/N-ethyl adjacent to an activating group) is 1. The molecule has 4 rings (SSSR count). The number of rotatable bonds is 6. The van der Waals surface area contributed by atoms with Crippen molar-refractivity contribution in [1.82, 2.24) is 9.80 Å². The fourth-order valence-corrected chi connectivity index (χ4v) is 4.31. The van der Waals surface area contributed by atoms with Crippen molar-refractivity contribution in [2.75, 3.05) is 33.8 Å². The van der Waals surface area contributed by atoms with Crippen molar-refractivity contribution in [3.63, 3.8) is 0 Å². The molecule has 0 radical (unpaired) electrons. The summed E-state index contributed by atoms with van der Waals surface area (Å²) in [5.41, 5.74) is 2.10. The number of aryl methyl sites for hydroxylation is 1. The Balaban J connectivity index is 1.79.